The monoisotopic (exact) mass is 254 g/mol. The molecule has 0 bridgehead atoms. The molecule has 2 rings (SSSR count). The molecule has 0 fully saturated rings. The Hall–Kier alpha value is -2.09. The van der Waals surface area contributed by atoms with E-state index in [0.29, 0.717) is 18.3 Å². The zero-order valence-corrected chi connectivity index (χ0v) is 11.3. The first kappa shape index (κ1) is 13.3. The van der Waals surface area contributed by atoms with Crippen molar-refractivity contribution in [3.8, 4) is 5.75 Å². The maximum absolute atomic E-state index is 11.9. The molecule has 0 saturated heterocycles. The van der Waals surface area contributed by atoms with Crippen molar-refractivity contribution in [1.29, 1.82) is 0 Å². The van der Waals surface area contributed by atoms with Crippen molar-refractivity contribution in [2.75, 3.05) is 0 Å². The van der Waals surface area contributed by atoms with Crippen LogP contribution in [0.25, 0.3) is 0 Å². The SMILES string of the molecule is CC(C)c1cccc(=O)c(OCc2ccccc2)c1. The molecule has 0 saturated carbocycles. The van der Waals surface area contributed by atoms with Crippen molar-refractivity contribution in [3.63, 3.8) is 0 Å². The molecule has 0 amide bonds. The summed E-state index contributed by atoms with van der Waals surface area (Å²) in [6.45, 7) is 4.61. The van der Waals surface area contributed by atoms with Crippen molar-refractivity contribution >= 4 is 0 Å². The van der Waals surface area contributed by atoms with Crippen LogP contribution in [0.4, 0.5) is 0 Å². The molecule has 2 heteroatoms. The number of benzene rings is 1. The van der Waals surface area contributed by atoms with E-state index in [4.69, 9.17) is 4.74 Å². The minimum Gasteiger partial charge on any atom is -0.485 e. The molecule has 0 N–H and O–H groups in total. The second kappa shape index (κ2) is 6.19. The van der Waals surface area contributed by atoms with Crippen molar-refractivity contribution in [3.05, 3.63) is 75.9 Å². The van der Waals surface area contributed by atoms with E-state index in [1.807, 2.05) is 42.5 Å². The summed E-state index contributed by atoms with van der Waals surface area (Å²) < 4.78 is 5.66. The minimum absolute atomic E-state index is 0.0807. The van der Waals surface area contributed by atoms with E-state index in [9.17, 15) is 4.79 Å². The molecule has 0 atom stereocenters. The fourth-order valence-corrected chi connectivity index (χ4v) is 1.81. The van der Waals surface area contributed by atoms with Crippen LogP contribution in [-0.2, 0) is 6.61 Å². The highest BCUT2D eigenvalue weighted by molar-refractivity contribution is 5.29. The Kier molecular flexibility index (Phi) is 4.35. The largest absolute Gasteiger partial charge is 0.485 e. The first-order valence-electron chi connectivity index (χ1n) is 6.48. The van der Waals surface area contributed by atoms with Gasteiger partial charge in [-0.1, -0.05) is 56.3 Å². The lowest BCUT2D eigenvalue weighted by atomic mass is 10.1. The molecule has 2 aromatic rings. The van der Waals surface area contributed by atoms with Crippen LogP contribution in [-0.4, -0.2) is 0 Å². The van der Waals surface area contributed by atoms with Crippen LogP contribution in [0.1, 0.15) is 30.9 Å². The third-order valence-electron chi connectivity index (χ3n) is 2.98. The summed E-state index contributed by atoms with van der Waals surface area (Å²) in [7, 11) is 0. The standard InChI is InChI=1S/C17H18O2/c1-13(2)15-9-6-10-16(18)17(11-15)19-12-14-7-4-3-5-8-14/h3-11,13H,12H2,1-2H3. The molecule has 0 aliphatic carbocycles. The molecule has 0 aliphatic rings. The van der Waals surface area contributed by atoms with Gasteiger partial charge in [0.05, 0.1) is 0 Å². The molecular weight excluding hydrogens is 236 g/mol. The summed E-state index contributed by atoms with van der Waals surface area (Å²) in [5.74, 6) is 0.781. The third kappa shape index (κ3) is 3.68. The van der Waals surface area contributed by atoms with Crippen LogP contribution in [0.5, 0.6) is 5.75 Å². The third-order valence-corrected chi connectivity index (χ3v) is 2.98. The lowest BCUT2D eigenvalue weighted by Crippen LogP contribution is -2.04. The molecule has 0 aliphatic heterocycles. The van der Waals surface area contributed by atoms with E-state index >= 15 is 0 Å². The van der Waals surface area contributed by atoms with E-state index in [1.165, 1.54) is 0 Å². The average Bonchev–Trinajstić information content (AvgIpc) is 2.60. The smallest absolute Gasteiger partial charge is 0.220 e. The predicted molar refractivity (Wildman–Crippen MR) is 77.6 cm³/mol. The summed E-state index contributed by atoms with van der Waals surface area (Å²) in [6, 6.07) is 17.0. The first-order chi connectivity index (χ1) is 9.16. The van der Waals surface area contributed by atoms with E-state index in [1.54, 1.807) is 12.1 Å². The maximum atomic E-state index is 11.9. The van der Waals surface area contributed by atoms with Gasteiger partial charge in [0.25, 0.3) is 0 Å². The molecule has 19 heavy (non-hydrogen) atoms. The summed E-state index contributed by atoms with van der Waals surface area (Å²) in [4.78, 5) is 11.9. The Bertz CT molecular complexity index is 589. The number of hydrogen-bond acceptors (Lipinski definition) is 2. The van der Waals surface area contributed by atoms with Gasteiger partial charge < -0.3 is 4.74 Å². The topological polar surface area (TPSA) is 26.3 Å². The number of rotatable bonds is 4. The number of ether oxygens (including phenoxy) is 1. The molecule has 2 aromatic carbocycles. The van der Waals surface area contributed by atoms with Gasteiger partial charge in [0.1, 0.15) is 6.61 Å². The summed E-state index contributed by atoms with van der Waals surface area (Å²) >= 11 is 0. The highest BCUT2D eigenvalue weighted by atomic mass is 16.5. The van der Waals surface area contributed by atoms with E-state index in [0.717, 1.165) is 11.1 Å². The molecule has 0 radical (unpaired) electrons. The van der Waals surface area contributed by atoms with Gasteiger partial charge in [-0.25, -0.2) is 0 Å². The fourth-order valence-electron chi connectivity index (χ4n) is 1.81. The van der Waals surface area contributed by atoms with Gasteiger partial charge in [-0.05, 0) is 29.2 Å². The lowest BCUT2D eigenvalue weighted by molar-refractivity contribution is 0.303. The summed E-state index contributed by atoms with van der Waals surface area (Å²) in [6.07, 6.45) is 0. The van der Waals surface area contributed by atoms with Crippen LogP contribution >= 0.6 is 0 Å². The quantitative estimate of drug-likeness (QED) is 0.830. The minimum atomic E-state index is -0.0807. The van der Waals surface area contributed by atoms with Crippen LogP contribution in [0, 0.1) is 0 Å². The van der Waals surface area contributed by atoms with Crippen molar-refractivity contribution in [2.45, 2.75) is 26.4 Å². The van der Waals surface area contributed by atoms with E-state index in [-0.39, 0.29) is 5.43 Å². The van der Waals surface area contributed by atoms with Crippen LogP contribution in [0.15, 0.2) is 59.4 Å². The Morgan fingerprint density at radius 1 is 1.00 bits per heavy atom. The highest BCUT2D eigenvalue weighted by Crippen LogP contribution is 2.16. The Labute approximate surface area is 113 Å². The Balaban J connectivity index is 2.23. The Morgan fingerprint density at radius 3 is 2.42 bits per heavy atom. The van der Waals surface area contributed by atoms with Gasteiger partial charge >= 0.3 is 0 Å². The molecule has 0 aromatic heterocycles. The van der Waals surface area contributed by atoms with Crippen molar-refractivity contribution in [2.24, 2.45) is 0 Å². The molecule has 2 nitrogen and oxygen atoms in total. The zero-order valence-electron chi connectivity index (χ0n) is 11.3. The molecule has 0 unspecified atom stereocenters. The van der Waals surface area contributed by atoms with E-state index < -0.39 is 0 Å². The average molecular weight is 254 g/mol. The van der Waals surface area contributed by atoms with Gasteiger partial charge in [-0.3, -0.25) is 4.79 Å². The first-order valence-corrected chi connectivity index (χ1v) is 6.48. The second-order valence-corrected chi connectivity index (χ2v) is 4.83. The number of hydrogen-bond donors (Lipinski definition) is 0. The lowest BCUT2D eigenvalue weighted by Gasteiger charge is -2.06. The normalized spacial score (nSPS) is 10.5. The second-order valence-electron chi connectivity index (χ2n) is 4.83. The summed E-state index contributed by atoms with van der Waals surface area (Å²) in [5, 5.41) is 0. The van der Waals surface area contributed by atoms with Gasteiger partial charge in [0, 0.05) is 0 Å². The molecule has 0 heterocycles. The fraction of sp³-hybridized carbons (Fsp3) is 0.235. The van der Waals surface area contributed by atoms with Crippen molar-refractivity contribution in [1.82, 2.24) is 0 Å². The molecule has 98 valence electrons. The zero-order chi connectivity index (χ0) is 13.7. The van der Waals surface area contributed by atoms with Gasteiger partial charge in [0.15, 0.2) is 5.75 Å². The van der Waals surface area contributed by atoms with Crippen LogP contribution in [0.3, 0.4) is 0 Å². The van der Waals surface area contributed by atoms with Crippen LogP contribution in [0.2, 0.25) is 0 Å². The summed E-state index contributed by atoms with van der Waals surface area (Å²) in [5.41, 5.74) is 2.08. The highest BCUT2D eigenvalue weighted by Gasteiger charge is 2.04. The predicted octanol–water partition coefficient (Wildman–Crippen LogP) is 3.75. The molecule has 0 spiro atoms. The maximum Gasteiger partial charge on any atom is 0.220 e. The van der Waals surface area contributed by atoms with Gasteiger partial charge in [-0.15, -0.1) is 0 Å². The molecular formula is C17H18O2. The van der Waals surface area contributed by atoms with Gasteiger partial charge in [-0.2, -0.15) is 0 Å². The van der Waals surface area contributed by atoms with Gasteiger partial charge in [0.2, 0.25) is 5.43 Å². The van der Waals surface area contributed by atoms with E-state index in [2.05, 4.69) is 13.8 Å². The van der Waals surface area contributed by atoms with Crippen molar-refractivity contribution < 1.29 is 4.74 Å². The van der Waals surface area contributed by atoms with Crippen LogP contribution < -0.4 is 10.2 Å². The Morgan fingerprint density at radius 2 is 1.74 bits per heavy atom.